The van der Waals surface area contributed by atoms with Crippen LogP contribution in [-0.4, -0.2) is 21.4 Å². The molecule has 0 aromatic heterocycles. The lowest BCUT2D eigenvalue weighted by Gasteiger charge is -2.15. The molecule has 6 nitrogen and oxygen atoms in total. The molecule has 32 heavy (non-hydrogen) atoms. The lowest BCUT2D eigenvalue weighted by Crippen LogP contribution is -2.16. The molecule has 0 atom stereocenters. The van der Waals surface area contributed by atoms with E-state index < -0.39 is 10.0 Å². The van der Waals surface area contributed by atoms with Gasteiger partial charge >= 0.3 is 0 Å². The highest BCUT2D eigenvalue weighted by molar-refractivity contribution is 7.92. The number of carbonyl (C=O) groups excluding carboxylic acids is 1. The summed E-state index contributed by atoms with van der Waals surface area (Å²) in [6.45, 7) is 1.83. The first-order valence-electron chi connectivity index (χ1n) is 9.94. The van der Waals surface area contributed by atoms with Crippen LogP contribution in [0.1, 0.15) is 15.9 Å². The second kappa shape index (κ2) is 8.72. The van der Waals surface area contributed by atoms with Crippen molar-refractivity contribution in [3.8, 4) is 5.75 Å². The van der Waals surface area contributed by atoms with E-state index >= 15 is 0 Å². The van der Waals surface area contributed by atoms with Crippen LogP contribution in [0, 0.1) is 6.92 Å². The number of hydrogen-bond acceptors (Lipinski definition) is 4. The SMILES string of the molecule is COc1ccc(S(=O)(=O)Nc2cccc3ccccc23)cc1NC(=O)c1ccccc1C. The largest absolute Gasteiger partial charge is 0.495 e. The van der Waals surface area contributed by atoms with Crippen LogP contribution in [0.4, 0.5) is 11.4 Å². The molecule has 4 aromatic rings. The maximum Gasteiger partial charge on any atom is 0.261 e. The molecule has 4 aromatic carbocycles. The van der Waals surface area contributed by atoms with Crippen LogP contribution in [-0.2, 0) is 10.0 Å². The smallest absolute Gasteiger partial charge is 0.261 e. The standard InChI is InChI=1S/C25H22N2O4S/c1-17-8-3-5-11-20(17)25(28)26-23-16-19(14-15-24(23)31-2)32(29,30)27-22-13-7-10-18-9-4-6-12-21(18)22/h3-16,27H,1-2H3,(H,26,28). The molecule has 1 amide bonds. The number of amides is 1. The van der Waals surface area contributed by atoms with Gasteiger partial charge in [0.2, 0.25) is 0 Å². The van der Waals surface area contributed by atoms with E-state index in [1.165, 1.54) is 25.3 Å². The molecule has 0 saturated heterocycles. The van der Waals surface area contributed by atoms with Crippen LogP contribution in [0.15, 0.2) is 89.8 Å². The Labute approximate surface area is 186 Å². The zero-order valence-electron chi connectivity index (χ0n) is 17.6. The third kappa shape index (κ3) is 4.29. The van der Waals surface area contributed by atoms with Gasteiger partial charge in [0.05, 0.1) is 23.4 Å². The summed E-state index contributed by atoms with van der Waals surface area (Å²) in [5, 5.41) is 4.48. The van der Waals surface area contributed by atoms with Crippen molar-refractivity contribution < 1.29 is 17.9 Å². The number of benzene rings is 4. The first-order chi connectivity index (χ1) is 15.4. The third-order valence-electron chi connectivity index (χ3n) is 5.15. The number of sulfonamides is 1. The number of nitrogens with one attached hydrogen (secondary N) is 2. The highest BCUT2D eigenvalue weighted by Gasteiger charge is 2.19. The van der Waals surface area contributed by atoms with Gasteiger partial charge in [0.1, 0.15) is 5.75 Å². The Hall–Kier alpha value is -3.84. The zero-order valence-corrected chi connectivity index (χ0v) is 18.4. The predicted octanol–water partition coefficient (Wildman–Crippen LogP) is 5.21. The minimum atomic E-state index is -3.92. The molecule has 0 saturated carbocycles. The van der Waals surface area contributed by atoms with Gasteiger partial charge in [-0.05, 0) is 48.2 Å². The highest BCUT2D eigenvalue weighted by atomic mass is 32.2. The average molecular weight is 447 g/mol. The first kappa shape index (κ1) is 21.4. The fourth-order valence-corrected chi connectivity index (χ4v) is 4.59. The molecule has 0 heterocycles. The van der Waals surface area contributed by atoms with E-state index in [0.29, 0.717) is 17.0 Å². The number of ether oxygens (including phenoxy) is 1. The fourth-order valence-electron chi connectivity index (χ4n) is 3.49. The van der Waals surface area contributed by atoms with Gasteiger partial charge in [-0.25, -0.2) is 8.42 Å². The van der Waals surface area contributed by atoms with Crippen molar-refractivity contribution in [2.45, 2.75) is 11.8 Å². The molecule has 7 heteroatoms. The average Bonchev–Trinajstić information content (AvgIpc) is 2.79. The van der Waals surface area contributed by atoms with E-state index in [2.05, 4.69) is 10.0 Å². The molecule has 2 N–H and O–H groups in total. The van der Waals surface area contributed by atoms with Gasteiger partial charge < -0.3 is 10.1 Å². The Kier molecular flexibility index (Phi) is 5.83. The summed E-state index contributed by atoms with van der Waals surface area (Å²) in [4.78, 5) is 12.8. The topological polar surface area (TPSA) is 84.5 Å². The van der Waals surface area contributed by atoms with Crippen LogP contribution in [0.5, 0.6) is 5.75 Å². The third-order valence-corrected chi connectivity index (χ3v) is 6.52. The van der Waals surface area contributed by atoms with Gasteiger partial charge in [-0.2, -0.15) is 0 Å². The van der Waals surface area contributed by atoms with Gasteiger partial charge in [0, 0.05) is 10.9 Å². The Morgan fingerprint density at radius 3 is 2.34 bits per heavy atom. The van der Waals surface area contributed by atoms with E-state index in [0.717, 1.165) is 16.3 Å². The van der Waals surface area contributed by atoms with E-state index in [1.54, 1.807) is 24.3 Å². The van der Waals surface area contributed by atoms with Crippen molar-refractivity contribution in [2.75, 3.05) is 17.1 Å². The summed E-state index contributed by atoms with van der Waals surface area (Å²) < 4.78 is 34.3. The Bertz CT molecular complexity index is 1410. The van der Waals surface area contributed by atoms with E-state index in [9.17, 15) is 13.2 Å². The van der Waals surface area contributed by atoms with Crippen molar-refractivity contribution in [2.24, 2.45) is 0 Å². The monoisotopic (exact) mass is 446 g/mol. The zero-order chi connectivity index (χ0) is 22.7. The summed E-state index contributed by atoms with van der Waals surface area (Å²) in [6.07, 6.45) is 0. The fraction of sp³-hybridized carbons (Fsp3) is 0.0800. The second-order valence-corrected chi connectivity index (χ2v) is 8.95. The summed E-state index contributed by atoms with van der Waals surface area (Å²) in [6, 6.07) is 24.5. The van der Waals surface area contributed by atoms with Gasteiger partial charge in [-0.1, -0.05) is 54.6 Å². The molecule has 0 aliphatic rings. The summed E-state index contributed by atoms with van der Waals surface area (Å²) in [7, 11) is -2.46. The highest BCUT2D eigenvalue weighted by Crippen LogP contribution is 2.30. The number of anilines is 2. The van der Waals surface area contributed by atoms with Crippen molar-refractivity contribution in [1.82, 2.24) is 0 Å². The lowest BCUT2D eigenvalue weighted by atomic mass is 10.1. The molecule has 0 fully saturated rings. The molecule has 0 bridgehead atoms. The summed E-state index contributed by atoms with van der Waals surface area (Å²) in [5.74, 6) is 0.00834. The van der Waals surface area contributed by atoms with E-state index in [-0.39, 0.29) is 16.5 Å². The van der Waals surface area contributed by atoms with Crippen molar-refractivity contribution in [1.29, 1.82) is 0 Å². The van der Waals surface area contributed by atoms with Crippen LogP contribution in [0.3, 0.4) is 0 Å². The number of fused-ring (bicyclic) bond motifs is 1. The molecular formula is C25H22N2O4S. The Morgan fingerprint density at radius 1 is 0.844 bits per heavy atom. The first-order valence-corrected chi connectivity index (χ1v) is 11.4. The van der Waals surface area contributed by atoms with Crippen LogP contribution >= 0.6 is 0 Å². The molecule has 162 valence electrons. The molecule has 0 radical (unpaired) electrons. The normalized spacial score (nSPS) is 11.2. The lowest BCUT2D eigenvalue weighted by molar-refractivity contribution is 0.102. The van der Waals surface area contributed by atoms with Gasteiger partial charge in [0.15, 0.2) is 0 Å². The van der Waals surface area contributed by atoms with E-state index in [4.69, 9.17) is 4.74 Å². The Morgan fingerprint density at radius 2 is 1.56 bits per heavy atom. The number of methoxy groups -OCH3 is 1. The van der Waals surface area contributed by atoms with E-state index in [1.807, 2.05) is 49.4 Å². The summed E-state index contributed by atoms with van der Waals surface area (Å²) in [5.41, 5.74) is 2.05. The minimum absolute atomic E-state index is 0.00585. The molecule has 0 aliphatic heterocycles. The van der Waals surface area contributed by atoms with Gasteiger partial charge in [0.25, 0.3) is 15.9 Å². The molecule has 0 aliphatic carbocycles. The minimum Gasteiger partial charge on any atom is -0.495 e. The maximum atomic E-state index is 13.1. The quantitative estimate of drug-likeness (QED) is 0.426. The number of aryl methyl sites for hydroxylation is 1. The molecule has 0 unspecified atom stereocenters. The van der Waals surface area contributed by atoms with Crippen LogP contribution in [0.25, 0.3) is 10.8 Å². The molecule has 0 spiro atoms. The number of rotatable bonds is 6. The van der Waals surface area contributed by atoms with Crippen molar-refractivity contribution >= 4 is 38.1 Å². The second-order valence-electron chi connectivity index (χ2n) is 7.26. The van der Waals surface area contributed by atoms with Crippen LogP contribution < -0.4 is 14.8 Å². The Balaban J connectivity index is 1.68. The van der Waals surface area contributed by atoms with Crippen molar-refractivity contribution in [3.05, 3.63) is 96.1 Å². The van der Waals surface area contributed by atoms with Gasteiger partial charge in [-0.15, -0.1) is 0 Å². The predicted molar refractivity (Wildman–Crippen MR) is 127 cm³/mol. The number of hydrogen-bond donors (Lipinski definition) is 2. The number of carbonyl (C=O) groups is 1. The maximum absolute atomic E-state index is 13.1. The molecular weight excluding hydrogens is 424 g/mol. The van der Waals surface area contributed by atoms with Crippen molar-refractivity contribution in [3.63, 3.8) is 0 Å². The van der Waals surface area contributed by atoms with Gasteiger partial charge in [-0.3, -0.25) is 9.52 Å². The molecule has 4 rings (SSSR count). The van der Waals surface area contributed by atoms with Crippen LogP contribution in [0.2, 0.25) is 0 Å². The summed E-state index contributed by atoms with van der Waals surface area (Å²) >= 11 is 0.